The molecule has 0 spiro atoms. The molecule has 7 rings (SSSR count). The van der Waals surface area contributed by atoms with Gasteiger partial charge >= 0.3 is 11.9 Å². The number of aliphatic imine (C=N–C) groups is 2. The topological polar surface area (TPSA) is 114 Å². The SMILES string of the molecule is O=C1OC(c2ccc(C3=NC(=Cc4ccc5c(c4)OCO5)C(=O)O3)cc2)=NC1=Cc1ccc2c(c1)OCO2. The van der Waals surface area contributed by atoms with Crippen molar-refractivity contribution in [3.63, 3.8) is 0 Å². The first kappa shape index (κ1) is 21.9. The number of nitrogens with zero attached hydrogens (tertiary/aromatic N) is 2. The molecule has 0 amide bonds. The fourth-order valence-electron chi connectivity index (χ4n) is 4.14. The molecular formula is C28H16N2O8. The van der Waals surface area contributed by atoms with Gasteiger partial charge < -0.3 is 28.4 Å². The molecule has 4 heterocycles. The minimum Gasteiger partial charge on any atom is -0.454 e. The molecule has 186 valence electrons. The van der Waals surface area contributed by atoms with Gasteiger partial charge in [-0.05, 0) is 71.8 Å². The summed E-state index contributed by atoms with van der Waals surface area (Å²) in [6.07, 6.45) is 3.23. The first-order valence-electron chi connectivity index (χ1n) is 11.5. The zero-order valence-corrected chi connectivity index (χ0v) is 19.5. The number of carbonyl (C=O) groups is 2. The van der Waals surface area contributed by atoms with Crippen molar-refractivity contribution in [1.82, 2.24) is 0 Å². The third kappa shape index (κ3) is 3.94. The van der Waals surface area contributed by atoms with Gasteiger partial charge in [-0.1, -0.05) is 12.1 Å². The van der Waals surface area contributed by atoms with E-state index >= 15 is 0 Å². The highest BCUT2D eigenvalue weighted by Crippen LogP contribution is 2.34. The van der Waals surface area contributed by atoms with Gasteiger partial charge in [-0.15, -0.1) is 0 Å². The van der Waals surface area contributed by atoms with Crippen LogP contribution in [0.4, 0.5) is 0 Å². The van der Waals surface area contributed by atoms with Gasteiger partial charge in [0.25, 0.3) is 0 Å². The predicted octanol–water partition coefficient (Wildman–Crippen LogP) is 3.83. The van der Waals surface area contributed by atoms with Crippen LogP contribution in [-0.2, 0) is 19.1 Å². The molecule has 3 aromatic rings. The predicted molar refractivity (Wildman–Crippen MR) is 133 cm³/mol. The number of hydrogen-bond donors (Lipinski definition) is 0. The molecule has 0 saturated heterocycles. The molecular weight excluding hydrogens is 492 g/mol. The van der Waals surface area contributed by atoms with Gasteiger partial charge in [0.1, 0.15) is 0 Å². The van der Waals surface area contributed by atoms with E-state index in [4.69, 9.17) is 28.4 Å². The van der Waals surface area contributed by atoms with E-state index in [2.05, 4.69) is 9.98 Å². The van der Waals surface area contributed by atoms with E-state index in [1.807, 2.05) is 0 Å². The molecule has 4 aliphatic heterocycles. The molecule has 0 aliphatic carbocycles. The number of carbonyl (C=O) groups excluding carboxylic acids is 2. The fraction of sp³-hybridized carbons (Fsp3) is 0.0714. The quantitative estimate of drug-likeness (QED) is 0.386. The maximum atomic E-state index is 12.4. The average molecular weight is 508 g/mol. The Balaban J connectivity index is 1.10. The summed E-state index contributed by atoms with van der Waals surface area (Å²) in [7, 11) is 0. The lowest BCUT2D eigenvalue weighted by atomic mass is 10.1. The molecule has 0 atom stereocenters. The summed E-state index contributed by atoms with van der Waals surface area (Å²) in [6, 6.07) is 17.5. The molecule has 0 unspecified atom stereocenters. The smallest absolute Gasteiger partial charge is 0.363 e. The van der Waals surface area contributed by atoms with E-state index in [1.165, 1.54) is 0 Å². The summed E-state index contributed by atoms with van der Waals surface area (Å²) in [5.41, 5.74) is 2.94. The van der Waals surface area contributed by atoms with Crippen LogP contribution < -0.4 is 18.9 Å². The normalized spacial score (nSPS) is 19.1. The number of ether oxygens (including phenoxy) is 6. The Bertz CT molecular complexity index is 1530. The van der Waals surface area contributed by atoms with Crippen molar-refractivity contribution in [1.29, 1.82) is 0 Å². The van der Waals surface area contributed by atoms with Crippen molar-refractivity contribution < 1.29 is 38.0 Å². The zero-order valence-electron chi connectivity index (χ0n) is 19.5. The lowest BCUT2D eigenvalue weighted by molar-refractivity contribution is -0.130. The molecule has 0 bridgehead atoms. The summed E-state index contributed by atoms with van der Waals surface area (Å²) in [5.74, 6) is 1.73. The molecule has 0 fully saturated rings. The summed E-state index contributed by atoms with van der Waals surface area (Å²) in [4.78, 5) is 33.5. The number of rotatable bonds is 4. The van der Waals surface area contributed by atoms with Gasteiger partial charge in [0, 0.05) is 11.1 Å². The fourth-order valence-corrected chi connectivity index (χ4v) is 4.14. The molecule has 4 aliphatic rings. The first-order valence-corrected chi connectivity index (χ1v) is 11.5. The van der Waals surface area contributed by atoms with Crippen molar-refractivity contribution in [2.24, 2.45) is 9.98 Å². The Labute approximate surface area is 215 Å². The van der Waals surface area contributed by atoms with E-state index in [0.717, 1.165) is 11.1 Å². The second-order valence-corrected chi connectivity index (χ2v) is 8.47. The van der Waals surface area contributed by atoms with Crippen LogP contribution in [0.25, 0.3) is 12.2 Å². The first-order chi connectivity index (χ1) is 18.6. The van der Waals surface area contributed by atoms with Crippen LogP contribution >= 0.6 is 0 Å². The Kier molecular flexibility index (Phi) is 4.96. The summed E-state index contributed by atoms with van der Waals surface area (Å²) < 4.78 is 32.1. The van der Waals surface area contributed by atoms with Crippen LogP contribution in [0.1, 0.15) is 22.3 Å². The van der Waals surface area contributed by atoms with Gasteiger partial charge in [-0.25, -0.2) is 19.6 Å². The minimum atomic E-state index is -0.561. The second kappa shape index (κ2) is 8.63. The van der Waals surface area contributed by atoms with E-state index in [-0.39, 0.29) is 36.8 Å². The maximum Gasteiger partial charge on any atom is 0.363 e. The van der Waals surface area contributed by atoms with Gasteiger partial charge in [0.05, 0.1) is 0 Å². The third-order valence-corrected chi connectivity index (χ3v) is 6.02. The monoisotopic (exact) mass is 508 g/mol. The average Bonchev–Trinajstić information content (AvgIpc) is 3.72. The van der Waals surface area contributed by atoms with Gasteiger partial charge in [0.15, 0.2) is 34.4 Å². The van der Waals surface area contributed by atoms with Crippen LogP contribution in [0.3, 0.4) is 0 Å². The number of fused-ring (bicyclic) bond motifs is 2. The van der Waals surface area contributed by atoms with E-state index in [0.29, 0.717) is 34.1 Å². The molecule has 0 N–H and O–H groups in total. The van der Waals surface area contributed by atoms with E-state index in [1.54, 1.807) is 72.8 Å². The third-order valence-electron chi connectivity index (χ3n) is 6.02. The Morgan fingerprint density at radius 1 is 0.553 bits per heavy atom. The molecule has 10 nitrogen and oxygen atoms in total. The number of esters is 2. The second-order valence-electron chi connectivity index (χ2n) is 8.47. The van der Waals surface area contributed by atoms with E-state index < -0.39 is 11.9 Å². The molecule has 10 heteroatoms. The zero-order chi connectivity index (χ0) is 25.6. The van der Waals surface area contributed by atoms with Crippen LogP contribution in [0, 0.1) is 0 Å². The van der Waals surface area contributed by atoms with Gasteiger partial charge in [0.2, 0.25) is 25.4 Å². The standard InChI is InChI=1S/C28H16N2O8/c31-27-19(9-15-1-7-21-23(11-15)35-13-33-21)29-25(37-27)17-3-5-18(6-4-17)26-30-20(28(32)38-26)10-16-2-8-22-24(12-16)36-14-34-22/h1-12H,13-14H2. The van der Waals surface area contributed by atoms with Crippen molar-refractivity contribution in [3.05, 3.63) is 94.3 Å². The molecule has 38 heavy (non-hydrogen) atoms. The van der Waals surface area contributed by atoms with Gasteiger partial charge in [-0.3, -0.25) is 0 Å². The van der Waals surface area contributed by atoms with Crippen molar-refractivity contribution in [2.45, 2.75) is 0 Å². The number of cyclic esters (lactones) is 2. The van der Waals surface area contributed by atoms with Crippen LogP contribution in [-0.4, -0.2) is 37.3 Å². The largest absolute Gasteiger partial charge is 0.454 e. The number of benzene rings is 3. The van der Waals surface area contributed by atoms with Crippen LogP contribution in [0.15, 0.2) is 82.0 Å². The lowest BCUT2D eigenvalue weighted by Gasteiger charge is -2.02. The Morgan fingerprint density at radius 3 is 1.42 bits per heavy atom. The van der Waals surface area contributed by atoms with Crippen molar-refractivity contribution in [3.8, 4) is 23.0 Å². The number of hydrogen-bond acceptors (Lipinski definition) is 10. The van der Waals surface area contributed by atoms with E-state index in [9.17, 15) is 9.59 Å². The molecule has 0 saturated carbocycles. The minimum absolute atomic E-state index is 0.162. The Morgan fingerprint density at radius 2 is 0.974 bits per heavy atom. The summed E-state index contributed by atoms with van der Waals surface area (Å²) in [5, 5.41) is 0. The van der Waals surface area contributed by atoms with Crippen molar-refractivity contribution >= 4 is 35.9 Å². The van der Waals surface area contributed by atoms with Crippen LogP contribution in [0.5, 0.6) is 23.0 Å². The molecule has 0 radical (unpaired) electrons. The summed E-state index contributed by atoms with van der Waals surface area (Å²) in [6.45, 7) is 0.331. The lowest BCUT2D eigenvalue weighted by Crippen LogP contribution is -2.07. The molecule has 0 aromatic heterocycles. The Hall–Kier alpha value is -5.38. The highest BCUT2D eigenvalue weighted by Gasteiger charge is 2.27. The van der Waals surface area contributed by atoms with Gasteiger partial charge in [-0.2, -0.15) is 0 Å². The maximum absolute atomic E-state index is 12.4. The van der Waals surface area contributed by atoms with Crippen LogP contribution in [0.2, 0.25) is 0 Å². The summed E-state index contributed by atoms with van der Waals surface area (Å²) >= 11 is 0. The molecule has 3 aromatic carbocycles. The van der Waals surface area contributed by atoms with Crippen molar-refractivity contribution in [2.75, 3.05) is 13.6 Å². The highest BCUT2D eigenvalue weighted by molar-refractivity contribution is 6.14. The highest BCUT2D eigenvalue weighted by atomic mass is 16.7.